The average molecular weight is 357 g/mol. The highest BCUT2D eigenvalue weighted by molar-refractivity contribution is 6.31. The zero-order chi connectivity index (χ0) is 17.7. The number of hydrogen-bond donors (Lipinski definition) is 2. The molecular weight excluding hydrogens is 341 g/mol. The Bertz CT molecular complexity index is 705. The van der Waals surface area contributed by atoms with Crippen LogP contribution >= 0.6 is 11.6 Å². The van der Waals surface area contributed by atoms with Crippen LogP contribution in [0.1, 0.15) is 24.1 Å². The summed E-state index contributed by atoms with van der Waals surface area (Å²) >= 11 is 5.55. The maximum atomic E-state index is 12.8. The minimum atomic E-state index is -4.54. The lowest BCUT2D eigenvalue weighted by Gasteiger charge is -2.15. The number of halogens is 4. The van der Waals surface area contributed by atoms with Crippen LogP contribution in [-0.2, 0) is 11.0 Å². The van der Waals surface area contributed by atoms with Gasteiger partial charge < -0.3 is 10.6 Å². The van der Waals surface area contributed by atoms with Gasteiger partial charge in [-0.05, 0) is 30.7 Å². The van der Waals surface area contributed by atoms with Crippen molar-refractivity contribution in [3.05, 3.63) is 64.7 Å². The first-order valence-corrected chi connectivity index (χ1v) is 7.60. The van der Waals surface area contributed by atoms with Gasteiger partial charge in [-0.15, -0.1) is 0 Å². The van der Waals surface area contributed by atoms with E-state index in [-0.39, 0.29) is 29.2 Å². The van der Waals surface area contributed by atoms with Gasteiger partial charge in [-0.1, -0.05) is 41.9 Å². The molecule has 0 aliphatic carbocycles. The molecule has 1 atom stereocenters. The molecule has 0 heterocycles. The quantitative estimate of drug-likeness (QED) is 0.818. The molecule has 128 valence electrons. The molecule has 2 aromatic carbocycles. The van der Waals surface area contributed by atoms with E-state index in [2.05, 4.69) is 10.6 Å². The molecule has 1 unspecified atom stereocenters. The molecule has 0 saturated carbocycles. The first kappa shape index (κ1) is 18.1. The zero-order valence-electron chi connectivity index (χ0n) is 12.8. The minimum Gasteiger partial charge on any atom is -0.376 e. The van der Waals surface area contributed by atoms with E-state index in [9.17, 15) is 18.0 Å². The Labute approximate surface area is 142 Å². The summed E-state index contributed by atoms with van der Waals surface area (Å²) in [6, 6.07) is 12.6. The van der Waals surface area contributed by atoms with E-state index in [1.165, 1.54) is 6.07 Å². The van der Waals surface area contributed by atoms with Crippen LogP contribution in [0.25, 0.3) is 0 Å². The zero-order valence-corrected chi connectivity index (χ0v) is 13.6. The third kappa shape index (κ3) is 4.89. The van der Waals surface area contributed by atoms with Gasteiger partial charge in [-0.25, -0.2) is 0 Å². The van der Waals surface area contributed by atoms with Gasteiger partial charge in [0.25, 0.3) is 0 Å². The summed E-state index contributed by atoms with van der Waals surface area (Å²) in [7, 11) is 0. The summed E-state index contributed by atoms with van der Waals surface area (Å²) in [6.45, 7) is 1.69. The fourth-order valence-electron chi connectivity index (χ4n) is 2.15. The van der Waals surface area contributed by atoms with Crippen molar-refractivity contribution in [1.82, 2.24) is 5.32 Å². The Balaban J connectivity index is 1.95. The largest absolute Gasteiger partial charge is 0.417 e. The molecule has 2 rings (SSSR count). The molecule has 7 heteroatoms. The lowest BCUT2D eigenvalue weighted by Crippen LogP contribution is -2.32. The number of carbonyl (C=O) groups is 1. The predicted molar refractivity (Wildman–Crippen MR) is 87.9 cm³/mol. The number of anilines is 1. The SMILES string of the molecule is CC(NC(=O)CNc1ccc(Cl)c(C(F)(F)F)c1)c1ccccc1. The van der Waals surface area contributed by atoms with Gasteiger partial charge in [0.2, 0.25) is 5.91 Å². The van der Waals surface area contributed by atoms with Crippen molar-refractivity contribution in [3.63, 3.8) is 0 Å². The standard InChI is InChI=1S/C17H16ClF3N2O/c1-11(12-5-3-2-4-6-12)23-16(24)10-22-13-7-8-15(18)14(9-13)17(19,20)21/h2-9,11,22H,10H2,1H3,(H,23,24). The number of nitrogens with one attached hydrogen (secondary N) is 2. The summed E-state index contributed by atoms with van der Waals surface area (Å²) in [4.78, 5) is 11.9. The molecular formula is C17H16ClF3N2O. The van der Waals surface area contributed by atoms with Gasteiger partial charge in [0, 0.05) is 5.69 Å². The fraction of sp³-hybridized carbons (Fsp3) is 0.235. The Morgan fingerprint density at radius 3 is 2.46 bits per heavy atom. The highest BCUT2D eigenvalue weighted by Gasteiger charge is 2.33. The van der Waals surface area contributed by atoms with Crippen molar-refractivity contribution in [3.8, 4) is 0 Å². The van der Waals surface area contributed by atoms with Crippen LogP contribution in [0.3, 0.4) is 0 Å². The van der Waals surface area contributed by atoms with Crippen molar-refractivity contribution in [2.75, 3.05) is 11.9 Å². The Kier molecular flexibility index (Phi) is 5.72. The molecule has 3 nitrogen and oxygen atoms in total. The topological polar surface area (TPSA) is 41.1 Å². The fourth-order valence-corrected chi connectivity index (χ4v) is 2.38. The molecule has 0 radical (unpaired) electrons. The first-order valence-electron chi connectivity index (χ1n) is 7.22. The molecule has 24 heavy (non-hydrogen) atoms. The molecule has 0 aromatic heterocycles. The minimum absolute atomic E-state index is 0.143. The van der Waals surface area contributed by atoms with Crippen molar-refractivity contribution < 1.29 is 18.0 Å². The molecule has 0 saturated heterocycles. The highest BCUT2D eigenvalue weighted by Crippen LogP contribution is 2.36. The lowest BCUT2D eigenvalue weighted by molar-refractivity contribution is -0.137. The summed E-state index contributed by atoms with van der Waals surface area (Å²) in [6.07, 6.45) is -4.54. The molecule has 2 aromatic rings. The van der Waals surface area contributed by atoms with Gasteiger partial charge in [0.1, 0.15) is 0 Å². The third-order valence-corrected chi connectivity index (χ3v) is 3.73. The van der Waals surface area contributed by atoms with E-state index >= 15 is 0 Å². The van der Waals surface area contributed by atoms with E-state index in [0.717, 1.165) is 17.7 Å². The van der Waals surface area contributed by atoms with Crippen LogP contribution in [0.5, 0.6) is 0 Å². The van der Waals surface area contributed by atoms with Gasteiger partial charge in [-0.3, -0.25) is 4.79 Å². The predicted octanol–water partition coefficient (Wildman–Crippen LogP) is 4.65. The van der Waals surface area contributed by atoms with Crippen molar-refractivity contribution in [2.24, 2.45) is 0 Å². The molecule has 0 spiro atoms. The van der Waals surface area contributed by atoms with Crippen molar-refractivity contribution in [2.45, 2.75) is 19.1 Å². The second-order valence-corrected chi connectivity index (χ2v) is 5.65. The second kappa shape index (κ2) is 7.57. The van der Waals surface area contributed by atoms with Gasteiger partial charge in [0.05, 0.1) is 23.2 Å². The van der Waals surface area contributed by atoms with Crippen LogP contribution in [0.2, 0.25) is 5.02 Å². The summed E-state index contributed by atoms with van der Waals surface area (Å²) < 4.78 is 38.4. The number of amides is 1. The summed E-state index contributed by atoms with van der Waals surface area (Å²) in [5.41, 5.74) is 0.179. The first-order chi connectivity index (χ1) is 11.3. The van der Waals surface area contributed by atoms with Gasteiger partial charge in [0.15, 0.2) is 0 Å². The average Bonchev–Trinajstić information content (AvgIpc) is 2.53. The number of benzene rings is 2. The van der Waals surface area contributed by atoms with Crippen LogP contribution in [0.4, 0.5) is 18.9 Å². The van der Waals surface area contributed by atoms with E-state index in [4.69, 9.17) is 11.6 Å². The van der Waals surface area contributed by atoms with Crippen LogP contribution in [0.15, 0.2) is 48.5 Å². The Morgan fingerprint density at radius 1 is 1.17 bits per heavy atom. The number of hydrogen-bond acceptors (Lipinski definition) is 2. The molecule has 0 aliphatic rings. The molecule has 1 amide bonds. The summed E-state index contributed by atoms with van der Waals surface area (Å²) in [5.74, 6) is -0.324. The maximum absolute atomic E-state index is 12.8. The van der Waals surface area contributed by atoms with Crippen LogP contribution < -0.4 is 10.6 Å². The van der Waals surface area contributed by atoms with E-state index in [1.54, 1.807) is 0 Å². The molecule has 2 N–H and O–H groups in total. The normalized spacial score (nSPS) is 12.5. The van der Waals surface area contributed by atoms with Gasteiger partial charge >= 0.3 is 6.18 Å². The monoisotopic (exact) mass is 356 g/mol. The Morgan fingerprint density at radius 2 is 1.83 bits per heavy atom. The number of carbonyl (C=O) groups excluding carboxylic acids is 1. The number of rotatable bonds is 5. The van der Waals surface area contributed by atoms with E-state index < -0.39 is 11.7 Å². The highest BCUT2D eigenvalue weighted by atomic mass is 35.5. The molecule has 0 bridgehead atoms. The van der Waals surface area contributed by atoms with Crippen LogP contribution in [0, 0.1) is 0 Å². The van der Waals surface area contributed by atoms with Crippen molar-refractivity contribution in [1.29, 1.82) is 0 Å². The van der Waals surface area contributed by atoms with E-state index in [0.29, 0.717) is 0 Å². The van der Waals surface area contributed by atoms with Crippen molar-refractivity contribution >= 4 is 23.2 Å². The Hall–Kier alpha value is -2.21. The van der Waals surface area contributed by atoms with Gasteiger partial charge in [-0.2, -0.15) is 13.2 Å². The second-order valence-electron chi connectivity index (χ2n) is 5.25. The summed E-state index contributed by atoms with van der Waals surface area (Å²) in [5, 5.41) is 5.06. The number of alkyl halides is 3. The maximum Gasteiger partial charge on any atom is 0.417 e. The van der Waals surface area contributed by atoms with Crippen LogP contribution in [-0.4, -0.2) is 12.5 Å². The lowest BCUT2D eigenvalue weighted by atomic mass is 10.1. The van der Waals surface area contributed by atoms with E-state index in [1.807, 2.05) is 37.3 Å². The smallest absolute Gasteiger partial charge is 0.376 e. The molecule has 0 fully saturated rings. The third-order valence-electron chi connectivity index (χ3n) is 3.40. The molecule has 0 aliphatic heterocycles.